The second kappa shape index (κ2) is 4.16. The molecule has 0 spiro atoms. The van der Waals surface area contributed by atoms with Crippen molar-refractivity contribution in [2.24, 2.45) is 0 Å². The van der Waals surface area contributed by atoms with E-state index in [0.717, 1.165) is 21.8 Å². The van der Waals surface area contributed by atoms with Crippen molar-refractivity contribution in [3.05, 3.63) is 39.4 Å². The van der Waals surface area contributed by atoms with E-state index in [-0.39, 0.29) is 4.74 Å². The lowest BCUT2D eigenvalue weighted by Crippen LogP contribution is -1.93. The predicted molar refractivity (Wildman–Crippen MR) is 65.2 cm³/mol. The van der Waals surface area contributed by atoms with Crippen LogP contribution in [0.3, 0.4) is 0 Å². The summed E-state index contributed by atoms with van der Waals surface area (Å²) in [6.07, 6.45) is 0. The molecule has 0 amide bonds. The Morgan fingerprint density at radius 2 is 1.80 bits per heavy atom. The lowest BCUT2D eigenvalue weighted by Gasteiger charge is -2.01. The van der Waals surface area contributed by atoms with E-state index in [1.54, 1.807) is 7.11 Å². The van der Waals surface area contributed by atoms with Gasteiger partial charge in [0, 0.05) is 5.56 Å². The lowest BCUT2D eigenvalue weighted by atomic mass is 10.1. The van der Waals surface area contributed by atoms with Crippen LogP contribution in [0.1, 0.15) is 5.56 Å². The SMILES string of the molecule is COc1ccc(-c2ssc(=O)c2C)cc1. The van der Waals surface area contributed by atoms with Crippen molar-refractivity contribution >= 4 is 20.7 Å². The van der Waals surface area contributed by atoms with Gasteiger partial charge >= 0.3 is 0 Å². The third-order valence-electron chi connectivity index (χ3n) is 2.20. The van der Waals surface area contributed by atoms with Crippen molar-refractivity contribution in [2.45, 2.75) is 6.92 Å². The molecule has 0 saturated carbocycles. The zero-order valence-electron chi connectivity index (χ0n) is 8.44. The molecular formula is C11H10O2S2. The molecule has 0 aliphatic heterocycles. The third kappa shape index (κ3) is 1.96. The summed E-state index contributed by atoms with van der Waals surface area (Å²) in [5, 5.41) is 0. The first-order chi connectivity index (χ1) is 7.22. The van der Waals surface area contributed by atoms with Crippen LogP contribution in [-0.4, -0.2) is 7.11 Å². The van der Waals surface area contributed by atoms with E-state index in [4.69, 9.17) is 4.74 Å². The Morgan fingerprint density at radius 1 is 1.13 bits per heavy atom. The van der Waals surface area contributed by atoms with Crippen molar-refractivity contribution in [1.29, 1.82) is 0 Å². The van der Waals surface area contributed by atoms with Gasteiger partial charge in [0.25, 0.3) is 0 Å². The Hall–Kier alpha value is -1.13. The van der Waals surface area contributed by atoms with Gasteiger partial charge in [-0.05, 0) is 47.1 Å². The average molecular weight is 238 g/mol. The number of hydrogen-bond donors (Lipinski definition) is 0. The highest BCUT2D eigenvalue weighted by atomic mass is 32.9. The molecule has 78 valence electrons. The summed E-state index contributed by atoms with van der Waals surface area (Å²) in [7, 11) is 4.46. The Bertz CT molecular complexity index is 508. The summed E-state index contributed by atoms with van der Waals surface area (Å²) in [5.74, 6) is 0.832. The van der Waals surface area contributed by atoms with Crippen molar-refractivity contribution in [2.75, 3.05) is 7.11 Å². The Morgan fingerprint density at radius 3 is 2.27 bits per heavy atom. The van der Waals surface area contributed by atoms with Crippen LogP contribution in [0.4, 0.5) is 0 Å². The molecule has 0 fully saturated rings. The monoisotopic (exact) mass is 238 g/mol. The number of rotatable bonds is 2. The van der Waals surface area contributed by atoms with E-state index in [1.165, 1.54) is 20.7 Å². The van der Waals surface area contributed by atoms with Gasteiger partial charge < -0.3 is 4.74 Å². The fraction of sp³-hybridized carbons (Fsp3) is 0.182. The van der Waals surface area contributed by atoms with Gasteiger partial charge in [0.1, 0.15) is 5.75 Å². The molecule has 0 saturated heterocycles. The molecule has 15 heavy (non-hydrogen) atoms. The zero-order chi connectivity index (χ0) is 10.8. The third-order valence-corrected chi connectivity index (χ3v) is 4.65. The molecule has 0 aliphatic rings. The first kappa shape index (κ1) is 10.4. The molecule has 0 radical (unpaired) electrons. The predicted octanol–water partition coefficient (Wildman–Crippen LogP) is 3.15. The van der Waals surface area contributed by atoms with Crippen LogP contribution in [0.2, 0.25) is 0 Å². The maximum absolute atomic E-state index is 11.3. The minimum absolute atomic E-state index is 0.158. The summed E-state index contributed by atoms with van der Waals surface area (Å²) in [4.78, 5) is 12.4. The maximum atomic E-state index is 11.3. The lowest BCUT2D eigenvalue weighted by molar-refractivity contribution is 0.415. The van der Waals surface area contributed by atoms with Crippen LogP contribution in [0.25, 0.3) is 10.4 Å². The van der Waals surface area contributed by atoms with E-state index < -0.39 is 0 Å². The Kier molecular flexibility index (Phi) is 2.88. The molecule has 0 atom stereocenters. The smallest absolute Gasteiger partial charge is 0.246 e. The van der Waals surface area contributed by atoms with Crippen LogP contribution >= 0.6 is 20.7 Å². The second-order valence-electron chi connectivity index (χ2n) is 3.14. The summed E-state index contributed by atoms with van der Waals surface area (Å²) >= 11 is 0. The number of methoxy groups -OCH3 is 1. The fourth-order valence-electron chi connectivity index (χ4n) is 1.30. The first-order valence-electron chi connectivity index (χ1n) is 4.46. The van der Waals surface area contributed by atoms with E-state index in [2.05, 4.69) is 0 Å². The highest BCUT2D eigenvalue weighted by Crippen LogP contribution is 2.29. The molecule has 4 heteroatoms. The maximum Gasteiger partial charge on any atom is 0.246 e. The van der Waals surface area contributed by atoms with Crippen LogP contribution in [-0.2, 0) is 0 Å². The highest BCUT2D eigenvalue weighted by Gasteiger charge is 2.08. The summed E-state index contributed by atoms with van der Waals surface area (Å²) < 4.78 is 5.24. The Labute approximate surface area is 95.2 Å². The molecule has 0 unspecified atom stereocenters. The average Bonchev–Trinajstić information content (AvgIpc) is 2.60. The van der Waals surface area contributed by atoms with Gasteiger partial charge in [-0.2, -0.15) is 0 Å². The second-order valence-corrected chi connectivity index (χ2v) is 5.25. The van der Waals surface area contributed by atoms with E-state index >= 15 is 0 Å². The van der Waals surface area contributed by atoms with Gasteiger partial charge in [-0.15, -0.1) is 0 Å². The molecule has 2 nitrogen and oxygen atoms in total. The van der Waals surface area contributed by atoms with Crippen LogP contribution < -0.4 is 9.48 Å². The quantitative estimate of drug-likeness (QED) is 0.751. The standard InChI is InChI=1S/C11H10O2S2/c1-7-10(14-15-11(7)12)8-3-5-9(13-2)6-4-8/h3-6H,1-2H3. The fourth-order valence-corrected chi connectivity index (χ4v) is 3.72. The first-order valence-corrected chi connectivity index (χ1v) is 6.61. The van der Waals surface area contributed by atoms with Gasteiger partial charge in [-0.3, -0.25) is 4.79 Å². The molecule has 0 bridgehead atoms. The Balaban J connectivity index is 2.46. The molecule has 1 aromatic carbocycles. The molecule has 2 rings (SSSR count). The van der Waals surface area contributed by atoms with Crippen molar-refractivity contribution in [1.82, 2.24) is 0 Å². The topological polar surface area (TPSA) is 26.3 Å². The van der Waals surface area contributed by atoms with Gasteiger partial charge in [0.15, 0.2) is 0 Å². The van der Waals surface area contributed by atoms with Crippen molar-refractivity contribution in [3.8, 4) is 16.2 Å². The summed E-state index contributed by atoms with van der Waals surface area (Å²) in [6, 6.07) is 7.76. The van der Waals surface area contributed by atoms with Gasteiger partial charge in [0.05, 0.1) is 12.0 Å². The molecule has 1 aromatic heterocycles. The summed E-state index contributed by atoms with van der Waals surface area (Å²) in [6.45, 7) is 1.87. The van der Waals surface area contributed by atoms with Gasteiger partial charge in [0.2, 0.25) is 4.74 Å². The van der Waals surface area contributed by atoms with Crippen LogP contribution in [0, 0.1) is 6.92 Å². The van der Waals surface area contributed by atoms with Crippen LogP contribution in [0.5, 0.6) is 5.75 Å². The van der Waals surface area contributed by atoms with Crippen molar-refractivity contribution < 1.29 is 4.74 Å². The molecule has 2 aromatic rings. The molecule has 1 heterocycles. The largest absolute Gasteiger partial charge is 0.497 e. The number of hydrogen-bond acceptors (Lipinski definition) is 4. The van der Waals surface area contributed by atoms with Crippen LogP contribution in [0.15, 0.2) is 29.1 Å². The van der Waals surface area contributed by atoms with Gasteiger partial charge in [-0.25, -0.2) is 0 Å². The molecule has 0 aliphatic carbocycles. The molecule has 0 N–H and O–H groups in total. The normalized spacial score (nSPS) is 10.3. The summed E-state index contributed by atoms with van der Waals surface area (Å²) in [5.41, 5.74) is 1.92. The minimum Gasteiger partial charge on any atom is -0.497 e. The van der Waals surface area contributed by atoms with E-state index in [9.17, 15) is 4.79 Å². The number of ether oxygens (including phenoxy) is 1. The van der Waals surface area contributed by atoms with Crippen molar-refractivity contribution in [3.63, 3.8) is 0 Å². The molecular weight excluding hydrogens is 228 g/mol. The highest BCUT2D eigenvalue weighted by molar-refractivity contribution is 7.69. The van der Waals surface area contributed by atoms with E-state index in [1.807, 2.05) is 31.2 Å². The van der Waals surface area contributed by atoms with Gasteiger partial charge in [-0.1, -0.05) is 10.3 Å². The number of benzene rings is 1. The minimum atomic E-state index is 0.158. The zero-order valence-corrected chi connectivity index (χ0v) is 10.1. The van der Waals surface area contributed by atoms with E-state index in [0.29, 0.717) is 0 Å².